The topological polar surface area (TPSA) is 85.1 Å². The second-order valence-corrected chi connectivity index (χ2v) is 8.45. The summed E-state index contributed by atoms with van der Waals surface area (Å²) in [5, 5.41) is 0. The molecule has 7 nitrogen and oxygen atoms in total. The van der Waals surface area contributed by atoms with Crippen LogP contribution in [-0.4, -0.2) is 57.7 Å². The molecule has 1 amide bonds. The lowest BCUT2D eigenvalue weighted by atomic mass is 9.99. The highest BCUT2D eigenvalue weighted by atomic mass is 19.4. The third kappa shape index (κ3) is 4.39. The van der Waals surface area contributed by atoms with Gasteiger partial charge in [0.1, 0.15) is 0 Å². The van der Waals surface area contributed by atoms with E-state index in [2.05, 4.69) is 19.9 Å². The Morgan fingerprint density at radius 3 is 2.46 bits per heavy atom. The van der Waals surface area contributed by atoms with E-state index < -0.39 is 23.1 Å². The van der Waals surface area contributed by atoms with E-state index in [0.29, 0.717) is 24.6 Å². The van der Waals surface area contributed by atoms with Crippen LogP contribution >= 0.6 is 0 Å². The fourth-order valence-corrected chi connectivity index (χ4v) is 4.35. The number of piperazine rings is 1. The second kappa shape index (κ2) is 8.61. The monoisotopic (exact) mass is 481 g/mol. The van der Waals surface area contributed by atoms with Crippen molar-refractivity contribution >= 4 is 28.4 Å². The first-order chi connectivity index (χ1) is 16.7. The number of nitrogens with one attached hydrogen (secondary N) is 2. The molecule has 2 aromatic heterocycles. The lowest BCUT2D eigenvalue weighted by Gasteiger charge is -2.35. The molecule has 1 aliphatic rings. The van der Waals surface area contributed by atoms with Gasteiger partial charge in [0.05, 0.1) is 22.3 Å². The van der Waals surface area contributed by atoms with Crippen molar-refractivity contribution in [1.29, 1.82) is 0 Å². The maximum absolute atomic E-state index is 13.3. The number of H-pyrrole nitrogens is 2. The van der Waals surface area contributed by atoms with Crippen LogP contribution < -0.4 is 4.90 Å². The number of nitrogens with zero attached hydrogens (tertiary/aromatic N) is 3. The van der Waals surface area contributed by atoms with E-state index in [4.69, 9.17) is 0 Å². The number of hydrogen-bond acceptors (Lipinski definition) is 4. The van der Waals surface area contributed by atoms with Gasteiger partial charge in [-0.1, -0.05) is 18.2 Å². The largest absolute Gasteiger partial charge is 0.417 e. The summed E-state index contributed by atoms with van der Waals surface area (Å²) >= 11 is 0. The number of aromatic amines is 2. The molecule has 2 aromatic carbocycles. The van der Waals surface area contributed by atoms with E-state index in [0.717, 1.165) is 35.9 Å². The first-order valence-electron chi connectivity index (χ1n) is 11.1. The van der Waals surface area contributed by atoms with Gasteiger partial charge in [0, 0.05) is 56.1 Å². The van der Waals surface area contributed by atoms with Crippen molar-refractivity contribution in [3.63, 3.8) is 0 Å². The lowest BCUT2D eigenvalue weighted by molar-refractivity contribution is -0.138. The molecule has 2 N–H and O–H groups in total. The van der Waals surface area contributed by atoms with Gasteiger partial charge in [-0.3, -0.25) is 9.59 Å². The average Bonchev–Trinajstić information content (AvgIpc) is 3.50. The summed E-state index contributed by atoms with van der Waals surface area (Å²) in [5.41, 5.74) is 1.75. The predicted molar refractivity (Wildman–Crippen MR) is 125 cm³/mol. The molecule has 180 valence electrons. The molecule has 0 unspecified atom stereocenters. The number of hydrogen-bond donors (Lipinski definition) is 2. The number of ketones is 1. The Kier molecular flexibility index (Phi) is 5.58. The fraction of sp³-hybridized carbons (Fsp3) is 0.240. The Bertz CT molecular complexity index is 1410. The lowest BCUT2D eigenvalue weighted by Crippen LogP contribution is -2.48. The number of alkyl halides is 3. The van der Waals surface area contributed by atoms with Gasteiger partial charge < -0.3 is 19.8 Å². The maximum Gasteiger partial charge on any atom is 0.417 e. The normalized spacial score (nSPS) is 14.5. The molecule has 35 heavy (non-hydrogen) atoms. The molecule has 0 aliphatic carbocycles. The van der Waals surface area contributed by atoms with E-state index in [1.807, 2.05) is 23.1 Å². The molecule has 1 saturated heterocycles. The predicted octanol–water partition coefficient (Wildman–Crippen LogP) is 4.48. The number of benzene rings is 2. The number of anilines is 1. The van der Waals surface area contributed by atoms with Crippen LogP contribution in [0.3, 0.4) is 0 Å². The minimum atomic E-state index is -4.62. The molecular weight excluding hydrogens is 459 g/mol. The van der Waals surface area contributed by atoms with E-state index in [1.165, 1.54) is 30.5 Å². The maximum atomic E-state index is 13.3. The van der Waals surface area contributed by atoms with E-state index in [-0.39, 0.29) is 11.5 Å². The summed E-state index contributed by atoms with van der Waals surface area (Å²) in [4.78, 5) is 39.1. The Balaban J connectivity index is 1.38. The van der Waals surface area contributed by atoms with Crippen LogP contribution in [0.2, 0.25) is 0 Å². The molecule has 3 heterocycles. The summed E-state index contributed by atoms with van der Waals surface area (Å²) in [6, 6.07) is 12.1. The number of amides is 1. The SMILES string of the molecule is CC(=O)N1CCN(c2ccc3nc(-c4cc(C(=O)c5ccccc5C(F)(F)F)c[nH]4)[nH]c3c2)CC1. The van der Waals surface area contributed by atoms with Crippen molar-refractivity contribution in [3.8, 4) is 11.5 Å². The number of fused-ring (bicyclic) bond motifs is 1. The second-order valence-electron chi connectivity index (χ2n) is 8.45. The molecule has 4 aromatic rings. The zero-order chi connectivity index (χ0) is 24.7. The zero-order valence-corrected chi connectivity index (χ0v) is 18.8. The summed E-state index contributed by atoms with van der Waals surface area (Å²) in [5.74, 6) is -0.172. The zero-order valence-electron chi connectivity index (χ0n) is 18.8. The van der Waals surface area contributed by atoms with Gasteiger partial charge in [-0.15, -0.1) is 0 Å². The molecule has 0 saturated carbocycles. The summed E-state index contributed by atoms with van der Waals surface area (Å²) in [7, 11) is 0. The van der Waals surface area contributed by atoms with Crippen molar-refractivity contribution in [2.45, 2.75) is 13.1 Å². The third-order valence-electron chi connectivity index (χ3n) is 6.23. The molecule has 5 rings (SSSR count). The van der Waals surface area contributed by atoms with Gasteiger partial charge in [-0.25, -0.2) is 4.98 Å². The Hall–Kier alpha value is -4.08. The van der Waals surface area contributed by atoms with Crippen molar-refractivity contribution < 1.29 is 22.8 Å². The highest BCUT2D eigenvalue weighted by Gasteiger charge is 2.35. The number of halogens is 3. The van der Waals surface area contributed by atoms with Gasteiger partial charge in [0.25, 0.3) is 0 Å². The first kappa shape index (κ1) is 22.7. The number of carbonyl (C=O) groups is 2. The number of carbonyl (C=O) groups excluding carboxylic acids is 2. The number of aromatic nitrogens is 3. The number of rotatable bonds is 4. The van der Waals surface area contributed by atoms with E-state index in [9.17, 15) is 22.8 Å². The minimum absolute atomic E-state index is 0.0732. The fourth-order valence-electron chi connectivity index (χ4n) is 4.35. The molecule has 0 spiro atoms. The van der Waals surface area contributed by atoms with Crippen molar-refractivity contribution in [3.05, 3.63) is 71.4 Å². The van der Waals surface area contributed by atoms with Crippen LogP contribution in [0, 0.1) is 0 Å². The third-order valence-corrected chi connectivity index (χ3v) is 6.23. The minimum Gasteiger partial charge on any atom is -0.368 e. The van der Waals surface area contributed by atoms with Crippen LogP contribution in [0.1, 0.15) is 28.4 Å². The first-order valence-corrected chi connectivity index (χ1v) is 11.1. The van der Waals surface area contributed by atoms with Gasteiger partial charge in [0.2, 0.25) is 5.91 Å². The Labute approximate surface area is 198 Å². The standard InChI is InChI=1S/C25H22F3N5O2/c1-15(34)32-8-10-33(11-9-32)17-6-7-20-21(13-17)31-24(30-20)22-12-16(14-29-22)23(35)18-4-2-3-5-19(18)25(26,27)28/h2-7,12-14,29H,8-11H2,1H3,(H,30,31). The smallest absolute Gasteiger partial charge is 0.368 e. The van der Waals surface area contributed by atoms with Crippen LogP contribution in [0.15, 0.2) is 54.7 Å². The van der Waals surface area contributed by atoms with Gasteiger partial charge >= 0.3 is 6.18 Å². The van der Waals surface area contributed by atoms with Gasteiger partial charge in [-0.05, 0) is 30.3 Å². The molecule has 1 fully saturated rings. The quantitative estimate of drug-likeness (QED) is 0.421. The number of imidazole rings is 1. The highest BCUT2D eigenvalue weighted by Crippen LogP contribution is 2.33. The summed E-state index contributed by atoms with van der Waals surface area (Å²) in [6.07, 6.45) is -3.24. The van der Waals surface area contributed by atoms with Crippen LogP contribution in [-0.2, 0) is 11.0 Å². The molecule has 1 aliphatic heterocycles. The van der Waals surface area contributed by atoms with Crippen molar-refractivity contribution in [2.75, 3.05) is 31.1 Å². The van der Waals surface area contributed by atoms with Gasteiger partial charge in [-0.2, -0.15) is 13.2 Å². The average molecular weight is 481 g/mol. The Morgan fingerprint density at radius 2 is 1.74 bits per heavy atom. The van der Waals surface area contributed by atoms with Crippen LogP contribution in [0.5, 0.6) is 0 Å². The van der Waals surface area contributed by atoms with Gasteiger partial charge in [0.15, 0.2) is 11.6 Å². The Morgan fingerprint density at radius 1 is 1.00 bits per heavy atom. The van der Waals surface area contributed by atoms with E-state index in [1.54, 1.807) is 6.92 Å². The summed E-state index contributed by atoms with van der Waals surface area (Å²) in [6.45, 7) is 4.36. The highest BCUT2D eigenvalue weighted by molar-refractivity contribution is 6.10. The van der Waals surface area contributed by atoms with Crippen molar-refractivity contribution in [1.82, 2.24) is 19.9 Å². The molecule has 0 atom stereocenters. The van der Waals surface area contributed by atoms with E-state index >= 15 is 0 Å². The molecular formula is C25H22F3N5O2. The van der Waals surface area contributed by atoms with Crippen molar-refractivity contribution in [2.24, 2.45) is 0 Å². The molecule has 10 heteroatoms. The van der Waals surface area contributed by atoms with Crippen LogP contribution in [0.4, 0.5) is 18.9 Å². The van der Waals surface area contributed by atoms with Crippen LogP contribution in [0.25, 0.3) is 22.6 Å². The molecule has 0 radical (unpaired) electrons. The summed E-state index contributed by atoms with van der Waals surface area (Å²) < 4.78 is 40.0. The molecule has 0 bridgehead atoms.